The van der Waals surface area contributed by atoms with Gasteiger partial charge in [-0.05, 0) is 24.8 Å². The molecule has 1 aromatic carbocycles. The Morgan fingerprint density at radius 2 is 1.96 bits per heavy atom. The standard InChI is InChI=1S/C20H27N5O2/c26-19(15-27-13-8-16-4-2-1-3-5-16)24-10-6-17(7-11-24)20-23-22-18-14-21-9-12-25(18)20/h1-5,17,21H,6-15H2. The largest absolute Gasteiger partial charge is 0.371 e. The highest BCUT2D eigenvalue weighted by atomic mass is 16.5. The van der Waals surface area contributed by atoms with Crippen molar-refractivity contribution < 1.29 is 9.53 Å². The molecule has 144 valence electrons. The SMILES string of the molecule is O=C(COCCc1ccccc1)N1CCC(c2nnc3n2CCNC3)CC1. The highest BCUT2D eigenvalue weighted by molar-refractivity contribution is 5.77. The molecule has 7 heteroatoms. The molecule has 1 saturated heterocycles. The summed E-state index contributed by atoms with van der Waals surface area (Å²) in [6.45, 7) is 4.99. The number of ether oxygens (including phenoxy) is 1. The van der Waals surface area contributed by atoms with E-state index in [1.165, 1.54) is 5.56 Å². The van der Waals surface area contributed by atoms with Crippen LogP contribution in [0.25, 0.3) is 0 Å². The molecule has 0 spiro atoms. The molecule has 2 aliphatic heterocycles. The van der Waals surface area contributed by atoms with Crippen molar-refractivity contribution in [3.8, 4) is 0 Å². The zero-order chi connectivity index (χ0) is 18.5. The Morgan fingerprint density at radius 1 is 1.15 bits per heavy atom. The Hall–Kier alpha value is -2.25. The van der Waals surface area contributed by atoms with Crippen molar-refractivity contribution in [3.05, 3.63) is 47.5 Å². The van der Waals surface area contributed by atoms with Crippen molar-refractivity contribution in [1.82, 2.24) is 25.0 Å². The Morgan fingerprint density at radius 3 is 2.78 bits per heavy atom. The Kier molecular flexibility index (Phi) is 5.79. The number of carbonyl (C=O) groups excluding carboxylic acids is 1. The molecule has 0 radical (unpaired) electrons. The van der Waals surface area contributed by atoms with Gasteiger partial charge in [0.15, 0.2) is 0 Å². The summed E-state index contributed by atoms with van der Waals surface area (Å²) in [4.78, 5) is 14.3. The smallest absolute Gasteiger partial charge is 0.248 e. The first kappa shape index (κ1) is 18.1. The minimum atomic E-state index is 0.0917. The fourth-order valence-electron chi connectivity index (χ4n) is 3.89. The molecular weight excluding hydrogens is 342 g/mol. The first-order valence-electron chi connectivity index (χ1n) is 9.83. The summed E-state index contributed by atoms with van der Waals surface area (Å²) in [5, 5.41) is 12.1. The fourth-order valence-corrected chi connectivity index (χ4v) is 3.89. The number of likely N-dealkylation sites (tertiary alicyclic amines) is 1. The second-order valence-electron chi connectivity index (χ2n) is 7.25. The van der Waals surface area contributed by atoms with Crippen molar-refractivity contribution in [2.75, 3.05) is 32.8 Å². The van der Waals surface area contributed by atoms with E-state index in [4.69, 9.17) is 4.74 Å². The summed E-state index contributed by atoms with van der Waals surface area (Å²) in [5.74, 6) is 2.61. The molecule has 27 heavy (non-hydrogen) atoms. The molecule has 0 atom stereocenters. The Labute approximate surface area is 159 Å². The topological polar surface area (TPSA) is 72.3 Å². The van der Waals surface area contributed by atoms with Gasteiger partial charge in [-0.3, -0.25) is 4.79 Å². The maximum atomic E-state index is 12.4. The van der Waals surface area contributed by atoms with Crippen molar-refractivity contribution in [2.24, 2.45) is 0 Å². The zero-order valence-corrected chi connectivity index (χ0v) is 15.6. The highest BCUT2D eigenvalue weighted by Gasteiger charge is 2.28. The zero-order valence-electron chi connectivity index (χ0n) is 15.6. The first-order valence-corrected chi connectivity index (χ1v) is 9.83. The summed E-state index contributed by atoms with van der Waals surface area (Å²) in [7, 11) is 0. The van der Waals surface area contributed by atoms with E-state index in [0.29, 0.717) is 12.5 Å². The van der Waals surface area contributed by atoms with Crippen LogP contribution in [0.15, 0.2) is 30.3 Å². The molecule has 1 fully saturated rings. The molecule has 3 heterocycles. The molecule has 7 nitrogen and oxygen atoms in total. The van der Waals surface area contributed by atoms with Gasteiger partial charge in [-0.15, -0.1) is 10.2 Å². The second kappa shape index (κ2) is 8.63. The van der Waals surface area contributed by atoms with E-state index < -0.39 is 0 Å². The lowest BCUT2D eigenvalue weighted by Crippen LogP contribution is -2.40. The minimum Gasteiger partial charge on any atom is -0.371 e. The van der Waals surface area contributed by atoms with E-state index in [0.717, 1.165) is 63.6 Å². The van der Waals surface area contributed by atoms with Gasteiger partial charge in [-0.2, -0.15) is 0 Å². The quantitative estimate of drug-likeness (QED) is 0.778. The van der Waals surface area contributed by atoms with Crippen LogP contribution in [-0.4, -0.2) is 58.4 Å². The monoisotopic (exact) mass is 369 g/mol. The number of piperidine rings is 1. The van der Waals surface area contributed by atoms with E-state index in [1.807, 2.05) is 23.1 Å². The predicted molar refractivity (Wildman–Crippen MR) is 101 cm³/mol. The summed E-state index contributed by atoms with van der Waals surface area (Å²) in [6, 6.07) is 10.2. The van der Waals surface area contributed by atoms with E-state index in [1.54, 1.807) is 0 Å². The molecule has 1 N–H and O–H groups in total. The second-order valence-corrected chi connectivity index (χ2v) is 7.25. The van der Waals surface area contributed by atoms with Crippen molar-refractivity contribution >= 4 is 5.91 Å². The predicted octanol–water partition coefficient (Wildman–Crippen LogP) is 1.35. The number of nitrogens with zero attached hydrogens (tertiary/aromatic N) is 4. The van der Waals surface area contributed by atoms with E-state index >= 15 is 0 Å². The number of aromatic nitrogens is 3. The van der Waals surface area contributed by atoms with Crippen LogP contribution in [0.5, 0.6) is 0 Å². The van der Waals surface area contributed by atoms with Gasteiger partial charge >= 0.3 is 0 Å². The number of carbonyl (C=O) groups is 1. The third-order valence-corrected chi connectivity index (χ3v) is 5.47. The third kappa shape index (κ3) is 4.36. The molecule has 2 aromatic rings. The molecule has 0 unspecified atom stereocenters. The van der Waals surface area contributed by atoms with Crippen LogP contribution in [0.3, 0.4) is 0 Å². The van der Waals surface area contributed by atoms with Gasteiger partial charge in [-0.1, -0.05) is 30.3 Å². The van der Waals surface area contributed by atoms with Crippen LogP contribution < -0.4 is 5.32 Å². The van der Waals surface area contributed by atoms with Crippen molar-refractivity contribution in [1.29, 1.82) is 0 Å². The van der Waals surface area contributed by atoms with Gasteiger partial charge in [0, 0.05) is 32.1 Å². The van der Waals surface area contributed by atoms with Crippen LogP contribution in [-0.2, 0) is 29.0 Å². The average Bonchev–Trinajstić information content (AvgIpc) is 3.16. The number of hydrogen-bond acceptors (Lipinski definition) is 5. The fraction of sp³-hybridized carbons (Fsp3) is 0.550. The van der Waals surface area contributed by atoms with Crippen LogP contribution in [0.4, 0.5) is 0 Å². The van der Waals surface area contributed by atoms with E-state index in [-0.39, 0.29) is 12.5 Å². The van der Waals surface area contributed by atoms with Gasteiger partial charge in [0.1, 0.15) is 18.3 Å². The Bertz CT molecular complexity index is 753. The molecule has 2 aliphatic rings. The molecule has 0 aliphatic carbocycles. The van der Waals surface area contributed by atoms with E-state index in [9.17, 15) is 4.79 Å². The molecule has 0 saturated carbocycles. The first-order chi connectivity index (χ1) is 13.3. The summed E-state index contributed by atoms with van der Waals surface area (Å²) >= 11 is 0. The summed E-state index contributed by atoms with van der Waals surface area (Å²) in [5.41, 5.74) is 1.23. The maximum Gasteiger partial charge on any atom is 0.248 e. The molecular formula is C20H27N5O2. The normalized spacial score (nSPS) is 17.7. The van der Waals surface area contributed by atoms with Crippen molar-refractivity contribution in [3.63, 3.8) is 0 Å². The number of benzene rings is 1. The lowest BCUT2D eigenvalue weighted by Gasteiger charge is -2.32. The van der Waals surface area contributed by atoms with Gasteiger partial charge in [0.2, 0.25) is 5.91 Å². The van der Waals surface area contributed by atoms with Crippen LogP contribution in [0.2, 0.25) is 0 Å². The summed E-state index contributed by atoms with van der Waals surface area (Å²) < 4.78 is 7.86. The van der Waals surface area contributed by atoms with Gasteiger partial charge in [-0.25, -0.2) is 0 Å². The van der Waals surface area contributed by atoms with Gasteiger partial charge in [0.05, 0.1) is 13.2 Å². The van der Waals surface area contributed by atoms with Gasteiger partial charge in [0.25, 0.3) is 0 Å². The van der Waals surface area contributed by atoms with E-state index in [2.05, 4.69) is 32.2 Å². The van der Waals surface area contributed by atoms with Crippen LogP contribution >= 0.6 is 0 Å². The van der Waals surface area contributed by atoms with Crippen LogP contribution in [0.1, 0.15) is 36.0 Å². The number of fused-ring (bicyclic) bond motifs is 1. The minimum absolute atomic E-state index is 0.0917. The lowest BCUT2D eigenvalue weighted by molar-refractivity contribution is -0.137. The maximum absolute atomic E-state index is 12.4. The highest BCUT2D eigenvalue weighted by Crippen LogP contribution is 2.27. The number of hydrogen-bond donors (Lipinski definition) is 1. The molecule has 4 rings (SSSR count). The van der Waals surface area contributed by atoms with Crippen LogP contribution in [0, 0.1) is 0 Å². The third-order valence-electron chi connectivity index (χ3n) is 5.47. The average molecular weight is 369 g/mol. The number of amides is 1. The lowest BCUT2D eigenvalue weighted by atomic mass is 9.95. The number of rotatable bonds is 6. The number of nitrogens with one attached hydrogen (secondary N) is 1. The summed E-state index contributed by atoms with van der Waals surface area (Å²) in [6.07, 6.45) is 2.73. The van der Waals surface area contributed by atoms with Crippen molar-refractivity contribution in [2.45, 2.75) is 38.3 Å². The molecule has 1 aromatic heterocycles. The molecule has 1 amide bonds. The van der Waals surface area contributed by atoms with Gasteiger partial charge < -0.3 is 19.5 Å². The Balaban J connectivity index is 1.21. The molecule has 0 bridgehead atoms.